The first-order valence-electron chi connectivity index (χ1n) is 8.48. The highest BCUT2D eigenvalue weighted by atomic mass is 16.5. The van der Waals surface area contributed by atoms with Gasteiger partial charge in [0, 0.05) is 25.4 Å². The Morgan fingerprint density at radius 3 is 2.75 bits per heavy atom. The van der Waals surface area contributed by atoms with Gasteiger partial charge >= 0.3 is 0 Å². The molecule has 1 aromatic heterocycles. The second kappa shape index (κ2) is 6.16. The van der Waals surface area contributed by atoms with Crippen molar-refractivity contribution >= 4 is 11.8 Å². The Kier molecular flexibility index (Phi) is 4.34. The number of primary amides is 1. The van der Waals surface area contributed by atoms with Crippen LogP contribution in [0.5, 0.6) is 0 Å². The van der Waals surface area contributed by atoms with Crippen molar-refractivity contribution in [2.75, 3.05) is 6.54 Å². The van der Waals surface area contributed by atoms with Crippen molar-refractivity contribution in [3.8, 4) is 0 Å². The second-order valence-corrected chi connectivity index (χ2v) is 7.50. The van der Waals surface area contributed by atoms with Gasteiger partial charge in [-0.2, -0.15) is 0 Å². The maximum atomic E-state index is 13.0. The molecule has 2 N–H and O–H groups in total. The van der Waals surface area contributed by atoms with Crippen LogP contribution in [0.1, 0.15) is 45.1 Å². The number of nitrogens with two attached hydrogens (primary N) is 1. The topological polar surface area (TPSA) is 85.5 Å². The summed E-state index contributed by atoms with van der Waals surface area (Å²) < 4.78 is 6.12. The fraction of sp³-hybridized carbons (Fsp3) is 0.611. The Labute approximate surface area is 142 Å². The van der Waals surface area contributed by atoms with Gasteiger partial charge in [0.15, 0.2) is 0 Å². The number of rotatable bonds is 4. The molecule has 6 nitrogen and oxygen atoms in total. The van der Waals surface area contributed by atoms with Gasteiger partial charge in [-0.25, -0.2) is 0 Å². The normalized spacial score (nSPS) is 28.4. The highest BCUT2D eigenvalue weighted by molar-refractivity contribution is 5.80. The Morgan fingerprint density at radius 2 is 2.08 bits per heavy atom. The van der Waals surface area contributed by atoms with Crippen LogP contribution in [-0.2, 0) is 20.7 Å². The highest BCUT2D eigenvalue weighted by Gasteiger charge is 2.58. The summed E-state index contributed by atoms with van der Waals surface area (Å²) in [7, 11) is 0. The molecular weight excluding hydrogens is 306 g/mol. The van der Waals surface area contributed by atoms with E-state index in [1.165, 1.54) is 0 Å². The van der Waals surface area contributed by atoms with Crippen molar-refractivity contribution in [3.05, 3.63) is 30.1 Å². The number of nitrogens with zero attached hydrogens (tertiary/aromatic N) is 2. The van der Waals surface area contributed by atoms with E-state index in [9.17, 15) is 9.59 Å². The largest absolute Gasteiger partial charge is 0.370 e. The van der Waals surface area contributed by atoms with E-state index in [1.807, 2.05) is 30.9 Å². The number of amides is 2. The van der Waals surface area contributed by atoms with Gasteiger partial charge in [-0.05, 0) is 44.4 Å². The molecule has 0 aliphatic carbocycles. The summed E-state index contributed by atoms with van der Waals surface area (Å²) in [5.41, 5.74) is 5.60. The maximum Gasteiger partial charge on any atom is 0.227 e. The number of carbonyl (C=O) groups excluding carboxylic acids is 2. The van der Waals surface area contributed by atoms with Crippen LogP contribution in [-0.4, -0.2) is 45.5 Å². The van der Waals surface area contributed by atoms with Crippen LogP contribution in [0.3, 0.4) is 0 Å². The van der Waals surface area contributed by atoms with Gasteiger partial charge in [0.25, 0.3) is 0 Å². The van der Waals surface area contributed by atoms with Gasteiger partial charge < -0.3 is 15.4 Å². The number of aromatic nitrogens is 1. The van der Waals surface area contributed by atoms with Gasteiger partial charge in [-0.15, -0.1) is 0 Å². The maximum absolute atomic E-state index is 13.0. The van der Waals surface area contributed by atoms with Gasteiger partial charge in [-0.3, -0.25) is 14.6 Å². The minimum atomic E-state index is -0.414. The molecule has 2 aliphatic heterocycles. The quantitative estimate of drug-likeness (QED) is 0.904. The molecule has 0 radical (unpaired) electrons. The van der Waals surface area contributed by atoms with Crippen LogP contribution in [0.4, 0.5) is 0 Å². The predicted molar refractivity (Wildman–Crippen MR) is 89.0 cm³/mol. The van der Waals surface area contributed by atoms with Crippen LogP contribution in [0.15, 0.2) is 24.5 Å². The number of hydrogen-bond donors (Lipinski definition) is 1. The Hall–Kier alpha value is -1.95. The molecule has 6 heteroatoms. The lowest BCUT2D eigenvalue weighted by atomic mass is 9.82. The van der Waals surface area contributed by atoms with Crippen LogP contribution >= 0.6 is 0 Å². The number of carbonyl (C=O) groups is 2. The summed E-state index contributed by atoms with van der Waals surface area (Å²) in [5.74, 6) is -0.306. The lowest BCUT2D eigenvalue weighted by molar-refractivity contribution is -0.139. The molecule has 2 aliphatic rings. The summed E-state index contributed by atoms with van der Waals surface area (Å²) in [6.07, 6.45) is 6.08. The number of ether oxygens (including phenoxy) is 1. The minimum Gasteiger partial charge on any atom is -0.370 e. The Balaban J connectivity index is 1.84. The Morgan fingerprint density at radius 1 is 1.38 bits per heavy atom. The summed E-state index contributed by atoms with van der Waals surface area (Å²) >= 11 is 0. The minimum absolute atomic E-state index is 0.0782. The first kappa shape index (κ1) is 16.9. The van der Waals surface area contributed by atoms with E-state index in [0.29, 0.717) is 13.0 Å². The number of likely N-dealkylation sites (tertiary alicyclic amines) is 1. The first-order valence-corrected chi connectivity index (χ1v) is 8.48. The molecule has 0 bridgehead atoms. The van der Waals surface area contributed by atoms with Crippen molar-refractivity contribution in [1.29, 1.82) is 0 Å². The molecular formula is C18H25N3O3. The van der Waals surface area contributed by atoms with E-state index in [1.54, 1.807) is 12.4 Å². The fourth-order valence-corrected chi connectivity index (χ4v) is 4.37. The van der Waals surface area contributed by atoms with E-state index in [2.05, 4.69) is 4.98 Å². The zero-order valence-corrected chi connectivity index (χ0v) is 14.3. The van der Waals surface area contributed by atoms with Crippen molar-refractivity contribution in [2.45, 2.75) is 63.2 Å². The van der Waals surface area contributed by atoms with E-state index in [4.69, 9.17) is 10.5 Å². The number of pyridine rings is 1. The monoisotopic (exact) mass is 331 g/mol. The zero-order chi connectivity index (χ0) is 17.4. The van der Waals surface area contributed by atoms with Crippen LogP contribution in [0, 0.1) is 0 Å². The van der Waals surface area contributed by atoms with E-state index in [-0.39, 0.29) is 29.9 Å². The molecule has 0 aromatic carbocycles. The molecule has 2 saturated heterocycles. The van der Waals surface area contributed by atoms with Gasteiger partial charge in [0.05, 0.1) is 30.1 Å². The lowest BCUT2D eigenvalue weighted by Gasteiger charge is -2.38. The molecule has 2 atom stereocenters. The van der Waals surface area contributed by atoms with Crippen LogP contribution < -0.4 is 5.73 Å². The van der Waals surface area contributed by atoms with E-state index >= 15 is 0 Å². The molecule has 2 fully saturated rings. The number of hydrogen-bond acceptors (Lipinski definition) is 4. The van der Waals surface area contributed by atoms with E-state index < -0.39 is 5.54 Å². The smallest absolute Gasteiger partial charge is 0.227 e. The average molecular weight is 331 g/mol. The molecule has 130 valence electrons. The molecule has 3 heterocycles. The summed E-state index contributed by atoms with van der Waals surface area (Å²) in [5, 5.41) is 0. The van der Waals surface area contributed by atoms with Crippen molar-refractivity contribution < 1.29 is 14.3 Å². The standard InChI is InChI=1S/C18H25N3O3/c1-17(2)12-18(14(24-17)11-15(19)22)6-3-9-21(18)16(23)10-13-4-7-20-8-5-13/h4-5,7-8,14H,3,6,9-12H2,1-2H3,(H2,19,22)/t14-,18+/m0/s1. The SMILES string of the molecule is CC1(C)C[C@]2(CCCN2C(=O)Cc2ccncc2)[C@H](CC(N)=O)O1. The van der Waals surface area contributed by atoms with Gasteiger partial charge in [0.2, 0.25) is 11.8 Å². The highest BCUT2D eigenvalue weighted by Crippen LogP contribution is 2.48. The molecule has 24 heavy (non-hydrogen) atoms. The third kappa shape index (κ3) is 3.15. The van der Waals surface area contributed by atoms with Crippen molar-refractivity contribution in [2.24, 2.45) is 5.73 Å². The van der Waals surface area contributed by atoms with Crippen molar-refractivity contribution in [1.82, 2.24) is 9.88 Å². The molecule has 0 saturated carbocycles. The summed E-state index contributed by atoms with van der Waals surface area (Å²) in [6, 6.07) is 3.72. The fourth-order valence-electron chi connectivity index (χ4n) is 4.37. The third-order valence-corrected chi connectivity index (χ3v) is 5.11. The molecule has 1 spiro atoms. The second-order valence-electron chi connectivity index (χ2n) is 7.50. The average Bonchev–Trinajstić information content (AvgIpc) is 3.01. The molecule has 0 unspecified atom stereocenters. The van der Waals surface area contributed by atoms with Gasteiger partial charge in [-0.1, -0.05) is 0 Å². The molecule has 2 amide bonds. The molecule has 1 aromatic rings. The first-order chi connectivity index (χ1) is 11.3. The summed E-state index contributed by atoms with van der Waals surface area (Å²) in [4.78, 5) is 30.4. The van der Waals surface area contributed by atoms with Crippen molar-refractivity contribution in [3.63, 3.8) is 0 Å². The van der Waals surface area contributed by atoms with Crippen LogP contribution in [0.2, 0.25) is 0 Å². The zero-order valence-electron chi connectivity index (χ0n) is 14.3. The third-order valence-electron chi connectivity index (χ3n) is 5.11. The summed E-state index contributed by atoms with van der Waals surface area (Å²) in [6.45, 7) is 4.73. The van der Waals surface area contributed by atoms with Gasteiger partial charge in [0.1, 0.15) is 0 Å². The predicted octanol–water partition coefficient (Wildman–Crippen LogP) is 1.43. The van der Waals surface area contributed by atoms with E-state index in [0.717, 1.165) is 24.8 Å². The Bertz CT molecular complexity index is 632. The molecule has 3 rings (SSSR count). The van der Waals surface area contributed by atoms with Crippen LogP contribution in [0.25, 0.3) is 0 Å². The lowest BCUT2D eigenvalue weighted by Crippen LogP contribution is -2.54.